The third kappa shape index (κ3) is 5.83. The Balaban J connectivity index is 2.38. The zero-order valence-corrected chi connectivity index (χ0v) is 15.0. The van der Waals surface area contributed by atoms with Crippen molar-refractivity contribution in [3.8, 4) is 11.8 Å². The Hall–Kier alpha value is -2.42. The van der Waals surface area contributed by atoms with Gasteiger partial charge in [0.1, 0.15) is 17.5 Å². The van der Waals surface area contributed by atoms with Crippen molar-refractivity contribution in [2.45, 2.75) is 45.4 Å². The van der Waals surface area contributed by atoms with E-state index in [2.05, 4.69) is 16.1 Å². The molecule has 1 aromatic rings. The van der Waals surface area contributed by atoms with E-state index < -0.39 is 6.36 Å². The highest BCUT2D eigenvalue weighted by atomic mass is 19.4. The second-order valence-electron chi connectivity index (χ2n) is 6.46. The Morgan fingerprint density at radius 2 is 1.92 bits per heavy atom. The quantitative estimate of drug-likeness (QED) is 0.687. The van der Waals surface area contributed by atoms with E-state index in [1.165, 1.54) is 31.4 Å². The Bertz CT molecular complexity index is 724. The first-order valence-electron chi connectivity index (χ1n) is 8.70. The largest absolute Gasteiger partial charge is 0.573 e. The maximum atomic E-state index is 12.7. The summed E-state index contributed by atoms with van der Waals surface area (Å²) in [5.74, 6) is 0.175. The van der Waals surface area contributed by atoms with Crippen LogP contribution in [-0.4, -0.2) is 13.4 Å². The normalized spacial score (nSPS) is 16.9. The van der Waals surface area contributed by atoms with Crippen LogP contribution >= 0.6 is 0 Å². The lowest BCUT2D eigenvalue weighted by Gasteiger charge is -2.18. The molecule has 0 unspecified atom stereocenters. The van der Waals surface area contributed by atoms with E-state index in [0.29, 0.717) is 28.3 Å². The second kappa shape index (κ2) is 8.79. The Morgan fingerprint density at radius 3 is 2.50 bits per heavy atom. The van der Waals surface area contributed by atoms with Gasteiger partial charge in [0.05, 0.1) is 0 Å². The van der Waals surface area contributed by atoms with Gasteiger partial charge in [0.25, 0.3) is 0 Å². The predicted molar refractivity (Wildman–Crippen MR) is 96.0 cm³/mol. The van der Waals surface area contributed by atoms with Gasteiger partial charge in [-0.15, -0.1) is 13.2 Å². The van der Waals surface area contributed by atoms with Gasteiger partial charge < -0.3 is 10.1 Å². The van der Waals surface area contributed by atoms with Crippen molar-refractivity contribution in [2.24, 2.45) is 5.92 Å². The third-order valence-corrected chi connectivity index (χ3v) is 4.54. The van der Waals surface area contributed by atoms with Crippen molar-refractivity contribution in [2.75, 3.05) is 7.05 Å². The average molecular weight is 364 g/mol. The zero-order chi connectivity index (χ0) is 19.2. The van der Waals surface area contributed by atoms with Crippen LogP contribution in [0.4, 0.5) is 13.2 Å². The maximum absolute atomic E-state index is 12.7. The summed E-state index contributed by atoms with van der Waals surface area (Å²) in [6.45, 7) is 1.69. The summed E-state index contributed by atoms with van der Waals surface area (Å²) in [5, 5.41) is 11.9. The van der Waals surface area contributed by atoms with E-state index in [4.69, 9.17) is 5.26 Å². The molecule has 0 radical (unpaired) electrons. The number of ether oxygens (including phenoxy) is 1. The molecular formula is C20H23F3N2O. The van der Waals surface area contributed by atoms with Gasteiger partial charge in [-0.2, -0.15) is 5.26 Å². The molecule has 1 fully saturated rings. The third-order valence-electron chi connectivity index (χ3n) is 4.54. The van der Waals surface area contributed by atoms with Gasteiger partial charge >= 0.3 is 6.36 Å². The molecule has 6 heteroatoms. The van der Waals surface area contributed by atoms with Crippen molar-refractivity contribution in [3.05, 3.63) is 41.1 Å². The lowest BCUT2D eigenvalue weighted by molar-refractivity contribution is -0.274. The molecule has 0 amide bonds. The van der Waals surface area contributed by atoms with Gasteiger partial charge in [-0.25, -0.2) is 0 Å². The number of allylic oxidation sites excluding steroid dienone is 3. The van der Waals surface area contributed by atoms with Crippen LogP contribution in [0.2, 0.25) is 0 Å². The summed E-state index contributed by atoms with van der Waals surface area (Å²) in [7, 11) is 1.60. The van der Waals surface area contributed by atoms with Crippen molar-refractivity contribution in [1.82, 2.24) is 5.32 Å². The first kappa shape index (κ1) is 19.9. The van der Waals surface area contributed by atoms with E-state index >= 15 is 0 Å². The van der Waals surface area contributed by atoms with Crippen molar-refractivity contribution >= 4 is 11.6 Å². The van der Waals surface area contributed by atoms with Crippen LogP contribution in [0.1, 0.15) is 50.2 Å². The standard InChI is InChI=1S/C20H23F3N2O/c1-14(19(13-24)25-2)17-10-16(9-8-15-6-4-3-5-7-15)11-18(12-17)26-20(21,22)23/h8-12,15,25H,3-7H2,1-2H3/b9-8+,19-14+. The van der Waals surface area contributed by atoms with Gasteiger partial charge in [-0.1, -0.05) is 31.4 Å². The summed E-state index contributed by atoms with van der Waals surface area (Å²) in [6, 6.07) is 6.45. The molecule has 0 spiro atoms. The van der Waals surface area contributed by atoms with Gasteiger partial charge in [0.15, 0.2) is 0 Å². The number of alkyl halides is 3. The highest BCUT2D eigenvalue weighted by Crippen LogP contribution is 2.30. The van der Waals surface area contributed by atoms with E-state index in [1.807, 2.05) is 12.1 Å². The van der Waals surface area contributed by atoms with E-state index in [1.54, 1.807) is 20.0 Å². The van der Waals surface area contributed by atoms with Gasteiger partial charge in [-0.3, -0.25) is 0 Å². The molecule has 1 aliphatic rings. The number of nitriles is 1. The molecule has 1 aliphatic carbocycles. The predicted octanol–water partition coefficient (Wildman–Crippen LogP) is 5.65. The number of nitrogens with one attached hydrogen (secondary N) is 1. The van der Waals surface area contributed by atoms with E-state index in [0.717, 1.165) is 12.8 Å². The monoisotopic (exact) mass is 364 g/mol. The lowest BCUT2D eigenvalue weighted by atomic mass is 9.88. The van der Waals surface area contributed by atoms with Crippen LogP contribution in [0.5, 0.6) is 5.75 Å². The molecule has 0 heterocycles. The summed E-state index contributed by atoms with van der Waals surface area (Å²) in [4.78, 5) is 0. The minimum atomic E-state index is -4.76. The number of benzene rings is 1. The van der Waals surface area contributed by atoms with Crippen LogP contribution < -0.4 is 10.1 Å². The van der Waals surface area contributed by atoms with Gasteiger partial charge in [0, 0.05) is 7.05 Å². The van der Waals surface area contributed by atoms with Crippen LogP contribution in [0, 0.1) is 17.2 Å². The van der Waals surface area contributed by atoms with Crippen LogP contribution in [-0.2, 0) is 0 Å². The van der Waals surface area contributed by atoms with Gasteiger partial charge in [0.2, 0.25) is 0 Å². The number of hydrogen-bond acceptors (Lipinski definition) is 3. The first-order valence-corrected chi connectivity index (χ1v) is 8.70. The maximum Gasteiger partial charge on any atom is 0.573 e. The smallest absolute Gasteiger partial charge is 0.406 e. The van der Waals surface area contributed by atoms with Crippen molar-refractivity contribution in [1.29, 1.82) is 5.26 Å². The summed E-state index contributed by atoms with van der Waals surface area (Å²) >= 11 is 0. The van der Waals surface area contributed by atoms with E-state index in [9.17, 15) is 13.2 Å². The van der Waals surface area contributed by atoms with Crippen LogP contribution in [0.15, 0.2) is 30.0 Å². The topological polar surface area (TPSA) is 45.0 Å². The molecule has 2 rings (SSSR count). The molecule has 0 saturated heterocycles. The van der Waals surface area contributed by atoms with Gasteiger partial charge in [-0.05, 0) is 60.6 Å². The molecule has 1 aromatic carbocycles. The Morgan fingerprint density at radius 1 is 1.23 bits per heavy atom. The Kier molecular flexibility index (Phi) is 6.73. The Labute approximate surface area is 152 Å². The minimum Gasteiger partial charge on any atom is -0.406 e. The second-order valence-corrected chi connectivity index (χ2v) is 6.46. The molecule has 1 N–H and O–H groups in total. The number of rotatable bonds is 5. The number of nitrogens with zero attached hydrogens (tertiary/aromatic N) is 1. The van der Waals surface area contributed by atoms with E-state index in [-0.39, 0.29) is 5.75 Å². The minimum absolute atomic E-state index is 0.286. The van der Waals surface area contributed by atoms with Crippen molar-refractivity contribution < 1.29 is 17.9 Å². The number of halogens is 3. The fraction of sp³-hybridized carbons (Fsp3) is 0.450. The fourth-order valence-corrected chi connectivity index (χ4v) is 3.17. The molecule has 0 aliphatic heterocycles. The molecule has 0 aromatic heterocycles. The molecule has 3 nitrogen and oxygen atoms in total. The molecular weight excluding hydrogens is 341 g/mol. The molecule has 1 saturated carbocycles. The fourth-order valence-electron chi connectivity index (χ4n) is 3.17. The zero-order valence-electron chi connectivity index (χ0n) is 15.0. The lowest BCUT2D eigenvalue weighted by Crippen LogP contribution is -2.17. The van der Waals surface area contributed by atoms with Crippen LogP contribution in [0.3, 0.4) is 0 Å². The molecule has 26 heavy (non-hydrogen) atoms. The number of hydrogen-bond donors (Lipinski definition) is 1. The highest BCUT2D eigenvalue weighted by Gasteiger charge is 2.31. The average Bonchev–Trinajstić information content (AvgIpc) is 2.60. The molecule has 0 atom stereocenters. The molecule has 140 valence electrons. The van der Waals surface area contributed by atoms with Crippen molar-refractivity contribution in [3.63, 3.8) is 0 Å². The van der Waals surface area contributed by atoms with Crippen LogP contribution in [0.25, 0.3) is 11.6 Å². The SMILES string of the molecule is CN/C(C#N)=C(\C)c1cc(/C=C/C2CCCCC2)cc(OC(F)(F)F)c1. The summed E-state index contributed by atoms with van der Waals surface area (Å²) in [5.41, 5.74) is 2.01. The highest BCUT2D eigenvalue weighted by molar-refractivity contribution is 5.72. The summed E-state index contributed by atoms with van der Waals surface area (Å²) in [6.07, 6.45) is 4.99. The molecule has 0 bridgehead atoms. The first-order chi connectivity index (χ1) is 12.3. The summed E-state index contributed by atoms with van der Waals surface area (Å²) < 4.78 is 42.1.